The molecule has 1 spiro atoms. The van der Waals surface area contributed by atoms with Crippen molar-refractivity contribution in [2.75, 3.05) is 26.2 Å². The molecule has 1 aromatic carbocycles. The van der Waals surface area contributed by atoms with Crippen LogP contribution in [0.5, 0.6) is 0 Å². The van der Waals surface area contributed by atoms with Crippen LogP contribution in [0, 0.1) is 0 Å². The van der Waals surface area contributed by atoms with E-state index in [1.807, 2.05) is 52.4 Å². The van der Waals surface area contributed by atoms with Crippen LogP contribution >= 0.6 is 0 Å². The fourth-order valence-electron chi connectivity index (χ4n) is 4.64. The summed E-state index contributed by atoms with van der Waals surface area (Å²) in [5.74, 6) is 0.662. The molecule has 2 amide bonds. The van der Waals surface area contributed by atoms with Gasteiger partial charge in [0.2, 0.25) is 5.91 Å². The van der Waals surface area contributed by atoms with Crippen LogP contribution in [0.2, 0.25) is 0 Å². The first-order valence-electron chi connectivity index (χ1n) is 11.3. The Bertz CT molecular complexity index is 1100. The van der Waals surface area contributed by atoms with Crippen LogP contribution in [0.25, 0.3) is 5.82 Å². The number of pyridine rings is 1. The van der Waals surface area contributed by atoms with E-state index in [0.717, 1.165) is 18.4 Å². The Labute approximate surface area is 192 Å². The number of aromatic nitrogens is 3. The molecule has 8 nitrogen and oxygen atoms in total. The van der Waals surface area contributed by atoms with Gasteiger partial charge in [-0.2, -0.15) is 5.10 Å². The number of hydrogen-bond donors (Lipinski definition) is 0. The zero-order valence-corrected chi connectivity index (χ0v) is 18.5. The fraction of sp³-hybridized carbons (Fsp3) is 0.360. The van der Waals surface area contributed by atoms with Crippen LogP contribution < -0.4 is 0 Å². The summed E-state index contributed by atoms with van der Waals surface area (Å²) in [7, 11) is 0. The Morgan fingerprint density at radius 3 is 2.70 bits per heavy atom. The second-order valence-electron chi connectivity index (χ2n) is 8.71. The van der Waals surface area contributed by atoms with Gasteiger partial charge in [0.25, 0.3) is 5.91 Å². The largest absolute Gasteiger partial charge is 0.363 e. The predicted octanol–water partition coefficient (Wildman–Crippen LogP) is 2.69. The van der Waals surface area contributed by atoms with Gasteiger partial charge in [0.1, 0.15) is 6.61 Å². The van der Waals surface area contributed by atoms with Gasteiger partial charge in [0.15, 0.2) is 5.82 Å². The van der Waals surface area contributed by atoms with Gasteiger partial charge >= 0.3 is 0 Å². The maximum atomic E-state index is 13.1. The lowest BCUT2D eigenvalue weighted by molar-refractivity contribution is -0.166. The molecule has 0 unspecified atom stereocenters. The summed E-state index contributed by atoms with van der Waals surface area (Å²) in [6, 6.07) is 15.5. The van der Waals surface area contributed by atoms with Gasteiger partial charge in [0, 0.05) is 38.2 Å². The highest BCUT2D eigenvalue weighted by Crippen LogP contribution is 2.31. The van der Waals surface area contributed by atoms with Crippen LogP contribution in [0.1, 0.15) is 35.2 Å². The van der Waals surface area contributed by atoms with E-state index >= 15 is 0 Å². The molecule has 3 aromatic rings. The van der Waals surface area contributed by atoms with E-state index in [2.05, 4.69) is 10.1 Å². The summed E-state index contributed by atoms with van der Waals surface area (Å²) in [5.41, 5.74) is 1.27. The quantitative estimate of drug-likeness (QED) is 0.617. The second kappa shape index (κ2) is 9.15. The third-order valence-corrected chi connectivity index (χ3v) is 6.47. The van der Waals surface area contributed by atoms with E-state index in [4.69, 9.17) is 4.74 Å². The highest BCUT2D eigenvalue weighted by molar-refractivity contribution is 5.94. The van der Waals surface area contributed by atoms with Crippen molar-refractivity contribution in [1.82, 2.24) is 24.6 Å². The number of likely N-dealkylation sites (tertiary alicyclic amines) is 1. The molecule has 0 bridgehead atoms. The average molecular weight is 446 g/mol. The van der Waals surface area contributed by atoms with Gasteiger partial charge in [-0.1, -0.05) is 30.3 Å². The van der Waals surface area contributed by atoms with Crippen molar-refractivity contribution < 1.29 is 14.3 Å². The van der Waals surface area contributed by atoms with Crippen LogP contribution in [0.4, 0.5) is 0 Å². The number of benzene rings is 1. The SMILES string of the molecule is O=C1CO[C@]2(CCCN(C(=O)c3ccc(-n4cccn4)nc3)CC2)CN1Cc1ccccc1. The van der Waals surface area contributed by atoms with Gasteiger partial charge < -0.3 is 14.5 Å². The molecule has 0 saturated carbocycles. The van der Waals surface area contributed by atoms with Crippen molar-refractivity contribution in [2.24, 2.45) is 0 Å². The molecule has 0 aliphatic carbocycles. The molecule has 2 aliphatic heterocycles. The number of hydrogen-bond acceptors (Lipinski definition) is 5. The third kappa shape index (κ3) is 4.66. The first-order chi connectivity index (χ1) is 16.1. The molecule has 0 radical (unpaired) electrons. The minimum atomic E-state index is -0.403. The van der Waals surface area contributed by atoms with Crippen LogP contribution in [-0.4, -0.2) is 68.2 Å². The predicted molar refractivity (Wildman–Crippen MR) is 122 cm³/mol. The molecule has 33 heavy (non-hydrogen) atoms. The van der Waals surface area contributed by atoms with Crippen molar-refractivity contribution >= 4 is 11.8 Å². The molecule has 5 rings (SSSR count). The molecule has 0 N–H and O–H groups in total. The van der Waals surface area contributed by atoms with Gasteiger partial charge in [-0.05, 0) is 43.0 Å². The molecule has 2 aliphatic rings. The van der Waals surface area contributed by atoms with Crippen molar-refractivity contribution in [3.05, 3.63) is 78.2 Å². The van der Waals surface area contributed by atoms with E-state index in [0.29, 0.717) is 44.0 Å². The monoisotopic (exact) mass is 445 g/mol. The normalized spacial score (nSPS) is 21.3. The van der Waals surface area contributed by atoms with Gasteiger partial charge in [-0.3, -0.25) is 9.59 Å². The molecular formula is C25H27N5O3. The van der Waals surface area contributed by atoms with E-state index in [1.165, 1.54) is 0 Å². The van der Waals surface area contributed by atoms with E-state index in [9.17, 15) is 9.59 Å². The lowest BCUT2D eigenvalue weighted by atomic mass is 9.92. The molecule has 170 valence electrons. The summed E-state index contributed by atoms with van der Waals surface area (Å²) < 4.78 is 7.77. The first kappa shape index (κ1) is 21.3. The smallest absolute Gasteiger partial charge is 0.255 e. The molecule has 4 heterocycles. The Morgan fingerprint density at radius 1 is 1.06 bits per heavy atom. The topological polar surface area (TPSA) is 80.6 Å². The minimum absolute atomic E-state index is 0.0185. The van der Waals surface area contributed by atoms with Gasteiger partial charge in [0.05, 0.1) is 17.7 Å². The lowest BCUT2D eigenvalue weighted by Crippen LogP contribution is -2.54. The minimum Gasteiger partial charge on any atom is -0.363 e. The van der Waals surface area contributed by atoms with Crippen LogP contribution in [0.3, 0.4) is 0 Å². The first-order valence-corrected chi connectivity index (χ1v) is 11.3. The van der Waals surface area contributed by atoms with Crippen molar-refractivity contribution in [2.45, 2.75) is 31.4 Å². The Kier molecular flexibility index (Phi) is 5.92. The zero-order valence-electron chi connectivity index (χ0n) is 18.5. The number of nitrogens with zero attached hydrogens (tertiary/aromatic N) is 5. The Balaban J connectivity index is 1.24. The maximum Gasteiger partial charge on any atom is 0.255 e. The summed E-state index contributed by atoms with van der Waals surface area (Å²) in [5, 5.41) is 4.17. The summed E-state index contributed by atoms with van der Waals surface area (Å²) in [6.07, 6.45) is 7.47. The summed E-state index contributed by atoms with van der Waals surface area (Å²) in [6.45, 7) is 2.49. The highest BCUT2D eigenvalue weighted by atomic mass is 16.5. The second-order valence-corrected chi connectivity index (χ2v) is 8.71. The number of amides is 2. The van der Waals surface area contributed by atoms with E-state index < -0.39 is 5.60 Å². The Hall–Kier alpha value is -3.52. The molecular weight excluding hydrogens is 418 g/mol. The summed E-state index contributed by atoms with van der Waals surface area (Å²) >= 11 is 0. The van der Waals surface area contributed by atoms with Crippen LogP contribution in [-0.2, 0) is 16.1 Å². The number of carbonyl (C=O) groups excluding carboxylic acids is 2. The summed E-state index contributed by atoms with van der Waals surface area (Å²) in [4.78, 5) is 33.8. The lowest BCUT2D eigenvalue weighted by Gasteiger charge is -2.42. The maximum absolute atomic E-state index is 13.1. The van der Waals surface area contributed by atoms with E-state index in [1.54, 1.807) is 29.2 Å². The molecule has 1 atom stereocenters. The number of ether oxygens (including phenoxy) is 1. The zero-order chi connectivity index (χ0) is 22.7. The molecule has 2 saturated heterocycles. The van der Waals surface area contributed by atoms with Crippen molar-refractivity contribution in [1.29, 1.82) is 0 Å². The highest BCUT2D eigenvalue weighted by Gasteiger charge is 2.41. The van der Waals surface area contributed by atoms with Crippen molar-refractivity contribution in [3.63, 3.8) is 0 Å². The fourth-order valence-corrected chi connectivity index (χ4v) is 4.64. The van der Waals surface area contributed by atoms with Gasteiger partial charge in [-0.25, -0.2) is 9.67 Å². The molecule has 2 fully saturated rings. The average Bonchev–Trinajstić information content (AvgIpc) is 3.31. The molecule has 2 aromatic heterocycles. The number of morpholine rings is 1. The number of rotatable bonds is 4. The standard InChI is InChI=1S/C25H27N5O3/c31-23-18-33-25(19-29(23)17-20-6-2-1-3-7-20)10-4-13-28(15-11-25)24(32)21-8-9-22(26-16-21)30-14-5-12-27-30/h1-3,5-9,12,14,16H,4,10-11,13,15,17-19H2/t25-/m0/s1. The van der Waals surface area contributed by atoms with Gasteiger partial charge in [-0.15, -0.1) is 0 Å². The molecule has 8 heteroatoms. The Morgan fingerprint density at radius 2 is 1.94 bits per heavy atom. The van der Waals surface area contributed by atoms with Crippen molar-refractivity contribution in [3.8, 4) is 5.82 Å². The van der Waals surface area contributed by atoms with Crippen LogP contribution in [0.15, 0.2) is 67.1 Å². The third-order valence-electron chi connectivity index (χ3n) is 6.47. The van der Waals surface area contributed by atoms with E-state index in [-0.39, 0.29) is 18.4 Å². The number of carbonyl (C=O) groups is 2.